The Kier molecular flexibility index (Phi) is 8.68. The molecule has 9 nitrogen and oxygen atoms in total. The van der Waals surface area contributed by atoms with Gasteiger partial charge in [0.25, 0.3) is 5.91 Å². The summed E-state index contributed by atoms with van der Waals surface area (Å²) in [6, 6.07) is 17.6. The Morgan fingerprint density at radius 1 is 1.05 bits per heavy atom. The Hall–Kier alpha value is -4.42. The van der Waals surface area contributed by atoms with Crippen molar-refractivity contribution in [2.75, 3.05) is 11.1 Å². The first kappa shape index (κ1) is 25.7. The van der Waals surface area contributed by atoms with E-state index in [9.17, 15) is 9.59 Å². The van der Waals surface area contributed by atoms with Gasteiger partial charge in [-0.25, -0.2) is 15.3 Å². The molecular weight excluding hydrogens is 468 g/mol. The predicted octanol–water partition coefficient (Wildman–Crippen LogP) is 4.44. The molecule has 1 fully saturated rings. The van der Waals surface area contributed by atoms with E-state index in [1.54, 1.807) is 54.7 Å². The SMILES string of the molecule is N#Cc1ccc(CONC(=O)c2cccc(N)c2Cc2ccnc(NC(=O)NC3CCCCC3)c2)cc1. The molecule has 0 radical (unpaired) electrons. The van der Waals surface area contributed by atoms with Crippen molar-refractivity contribution >= 4 is 23.4 Å². The first-order valence-corrected chi connectivity index (χ1v) is 12.3. The van der Waals surface area contributed by atoms with Gasteiger partial charge >= 0.3 is 6.03 Å². The van der Waals surface area contributed by atoms with Gasteiger partial charge in [0.1, 0.15) is 5.82 Å². The molecule has 4 rings (SSSR count). The maximum Gasteiger partial charge on any atom is 0.320 e. The smallest absolute Gasteiger partial charge is 0.320 e. The Balaban J connectivity index is 1.38. The number of carbonyl (C=O) groups is 2. The van der Waals surface area contributed by atoms with Crippen molar-refractivity contribution in [3.05, 3.63) is 88.6 Å². The summed E-state index contributed by atoms with van der Waals surface area (Å²) in [4.78, 5) is 35.0. The van der Waals surface area contributed by atoms with Crippen molar-refractivity contribution in [1.82, 2.24) is 15.8 Å². The Morgan fingerprint density at radius 2 is 1.84 bits per heavy atom. The van der Waals surface area contributed by atoms with E-state index in [1.807, 2.05) is 6.07 Å². The fraction of sp³-hybridized carbons (Fsp3) is 0.286. The highest BCUT2D eigenvalue weighted by atomic mass is 16.6. The second kappa shape index (κ2) is 12.5. The maximum atomic E-state index is 12.9. The minimum Gasteiger partial charge on any atom is -0.398 e. The molecule has 0 bridgehead atoms. The summed E-state index contributed by atoms with van der Waals surface area (Å²) in [5, 5.41) is 14.7. The summed E-state index contributed by atoms with van der Waals surface area (Å²) in [5.74, 6) is 0.00673. The van der Waals surface area contributed by atoms with Crippen LogP contribution in [-0.2, 0) is 17.9 Å². The number of aromatic nitrogens is 1. The van der Waals surface area contributed by atoms with E-state index < -0.39 is 5.91 Å². The van der Waals surface area contributed by atoms with Gasteiger partial charge in [-0.3, -0.25) is 14.9 Å². The molecule has 37 heavy (non-hydrogen) atoms. The van der Waals surface area contributed by atoms with Gasteiger partial charge in [0.15, 0.2) is 0 Å². The number of rotatable bonds is 8. The third kappa shape index (κ3) is 7.29. The zero-order valence-electron chi connectivity index (χ0n) is 20.5. The largest absolute Gasteiger partial charge is 0.398 e. The van der Waals surface area contributed by atoms with Crippen LogP contribution in [0.25, 0.3) is 0 Å². The number of nitriles is 1. The van der Waals surface area contributed by atoms with Crippen LogP contribution in [0.3, 0.4) is 0 Å². The third-order valence-electron chi connectivity index (χ3n) is 6.33. The van der Waals surface area contributed by atoms with E-state index in [0.717, 1.165) is 36.8 Å². The van der Waals surface area contributed by atoms with Crippen LogP contribution in [0.15, 0.2) is 60.8 Å². The van der Waals surface area contributed by atoms with E-state index >= 15 is 0 Å². The van der Waals surface area contributed by atoms with Crippen LogP contribution in [0.5, 0.6) is 0 Å². The lowest BCUT2D eigenvalue weighted by Gasteiger charge is -2.22. The van der Waals surface area contributed by atoms with Crippen molar-refractivity contribution < 1.29 is 14.4 Å². The molecule has 0 atom stereocenters. The predicted molar refractivity (Wildman–Crippen MR) is 140 cm³/mol. The van der Waals surface area contributed by atoms with Crippen LogP contribution in [0.2, 0.25) is 0 Å². The summed E-state index contributed by atoms with van der Waals surface area (Å²) in [6.45, 7) is 0.150. The van der Waals surface area contributed by atoms with Crippen molar-refractivity contribution in [3.63, 3.8) is 0 Å². The molecule has 5 N–H and O–H groups in total. The molecule has 0 unspecified atom stereocenters. The highest BCUT2D eigenvalue weighted by molar-refractivity contribution is 5.96. The van der Waals surface area contributed by atoms with E-state index in [-0.39, 0.29) is 18.7 Å². The van der Waals surface area contributed by atoms with Gasteiger partial charge in [0.2, 0.25) is 0 Å². The minimum absolute atomic E-state index is 0.150. The number of anilines is 2. The summed E-state index contributed by atoms with van der Waals surface area (Å²) in [6.07, 6.45) is 7.46. The molecule has 190 valence electrons. The molecular formula is C28H30N6O3. The van der Waals surface area contributed by atoms with Crippen molar-refractivity contribution in [3.8, 4) is 6.07 Å². The number of nitrogen functional groups attached to an aromatic ring is 1. The molecule has 0 spiro atoms. The summed E-state index contributed by atoms with van der Waals surface area (Å²) in [5.41, 5.74) is 12.4. The number of benzene rings is 2. The van der Waals surface area contributed by atoms with Gasteiger partial charge in [-0.1, -0.05) is 37.5 Å². The fourth-order valence-corrected chi connectivity index (χ4v) is 4.37. The molecule has 3 aromatic rings. The number of nitrogens with one attached hydrogen (secondary N) is 3. The average molecular weight is 499 g/mol. The standard InChI is InChI=1S/C28H30N6O3/c29-17-19-9-11-20(12-10-19)18-37-34-27(35)23-7-4-8-25(30)24(23)15-21-13-14-31-26(16-21)33-28(36)32-22-5-2-1-3-6-22/h4,7-14,16,22H,1-3,5-6,15,18,30H2,(H,34,35)(H2,31,32,33,36). The summed E-state index contributed by atoms with van der Waals surface area (Å²) < 4.78 is 0. The first-order chi connectivity index (χ1) is 18.0. The number of urea groups is 1. The lowest BCUT2D eigenvalue weighted by atomic mass is 9.96. The van der Waals surface area contributed by atoms with Gasteiger partial charge in [-0.15, -0.1) is 0 Å². The van der Waals surface area contributed by atoms with Crippen LogP contribution in [-0.4, -0.2) is 23.0 Å². The lowest BCUT2D eigenvalue weighted by molar-refractivity contribution is 0.0233. The monoisotopic (exact) mass is 498 g/mol. The van der Waals surface area contributed by atoms with Crippen LogP contribution in [0.1, 0.15) is 64.7 Å². The number of nitrogens with two attached hydrogens (primary N) is 1. The van der Waals surface area contributed by atoms with Crippen molar-refractivity contribution in [2.45, 2.75) is 51.2 Å². The topological polar surface area (TPSA) is 142 Å². The maximum absolute atomic E-state index is 12.9. The number of amides is 3. The quantitative estimate of drug-likeness (QED) is 0.267. The number of hydrogen-bond donors (Lipinski definition) is 4. The molecule has 1 saturated carbocycles. The van der Waals surface area contributed by atoms with Gasteiger partial charge < -0.3 is 11.1 Å². The molecule has 9 heteroatoms. The van der Waals surface area contributed by atoms with E-state index in [4.69, 9.17) is 15.8 Å². The number of hydroxylamine groups is 1. The Morgan fingerprint density at radius 3 is 2.59 bits per heavy atom. The van der Waals surface area contributed by atoms with Crippen molar-refractivity contribution in [2.24, 2.45) is 0 Å². The normalized spacial score (nSPS) is 13.4. The molecule has 0 aliphatic heterocycles. The van der Waals surface area contributed by atoms with Crippen molar-refractivity contribution in [1.29, 1.82) is 5.26 Å². The van der Waals surface area contributed by atoms with Gasteiger partial charge in [-0.2, -0.15) is 5.26 Å². The average Bonchev–Trinajstić information content (AvgIpc) is 2.91. The van der Waals surface area contributed by atoms with E-state index in [1.165, 1.54) is 6.42 Å². The Bertz CT molecular complexity index is 1280. The highest BCUT2D eigenvalue weighted by Gasteiger charge is 2.17. The van der Waals surface area contributed by atoms with Crippen LogP contribution in [0, 0.1) is 11.3 Å². The van der Waals surface area contributed by atoms with Crippen LogP contribution in [0.4, 0.5) is 16.3 Å². The molecule has 1 aromatic heterocycles. The molecule has 2 aromatic carbocycles. The number of nitrogens with zero attached hydrogens (tertiary/aromatic N) is 2. The summed E-state index contributed by atoms with van der Waals surface area (Å²) >= 11 is 0. The summed E-state index contributed by atoms with van der Waals surface area (Å²) in [7, 11) is 0. The number of pyridine rings is 1. The zero-order chi connectivity index (χ0) is 26.0. The van der Waals surface area contributed by atoms with Crippen LogP contribution >= 0.6 is 0 Å². The third-order valence-corrected chi connectivity index (χ3v) is 6.33. The molecule has 1 aliphatic rings. The minimum atomic E-state index is -0.421. The number of carbonyl (C=O) groups excluding carboxylic acids is 2. The molecule has 1 heterocycles. The lowest BCUT2D eigenvalue weighted by Crippen LogP contribution is -2.39. The van der Waals surface area contributed by atoms with Gasteiger partial charge in [-0.05, 0) is 65.9 Å². The van der Waals surface area contributed by atoms with E-state index in [0.29, 0.717) is 34.6 Å². The van der Waals surface area contributed by atoms with Gasteiger partial charge in [0.05, 0.1) is 18.2 Å². The van der Waals surface area contributed by atoms with E-state index in [2.05, 4.69) is 27.2 Å². The number of hydrogen-bond acceptors (Lipinski definition) is 6. The second-order valence-electron chi connectivity index (χ2n) is 9.06. The molecule has 1 aliphatic carbocycles. The zero-order valence-corrected chi connectivity index (χ0v) is 20.5. The Labute approximate surface area is 216 Å². The molecule has 0 saturated heterocycles. The first-order valence-electron chi connectivity index (χ1n) is 12.3. The van der Waals surface area contributed by atoms with Crippen LogP contribution < -0.4 is 21.8 Å². The molecule has 3 amide bonds. The fourth-order valence-electron chi connectivity index (χ4n) is 4.37. The van der Waals surface area contributed by atoms with Gasteiger partial charge in [0, 0.05) is 29.9 Å². The highest BCUT2D eigenvalue weighted by Crippen LogP contribution is 2.22. The second-order valence-corrected chi connectivity index (χ2v) is 9.06.